The summed E-state index contributed by atoms with van der Waals surface area (Å²) in [7, 11) is 0. The van der Waals surface area contributed by atoms with Crippen LogP contribution in [-0.4, -0.2) is 74.3 Å². The second-order valence-electron chi connectivity index (χ2n) is 19.6. The molecule has 9 nitrogen and oxygen atoms in total. The third kappa shape index (κ3) is 15.9. The molecule has 0 aromatic heterocycles. The van der Waals surface area contributed by atoms with E-state index in [9.17, 15) is 9.59 Å². The molecular weight excluding hydrogens is 775 g/mol. The fourth-order valence-electron chi connectivity index (χ4n) is 8.71. The summed E-state index contributed by atoms with van der Waals surface area (Å²) in [6, 6.07) is 32.1. The summed E-state index contributed by atoms with van der Waals surface area (Å²) in [5, 5.41) is 0. The average Bonchev–Trinajstić information content (AvgIpc) is 3.48. The molecule has 0 fully saturated rings. The van der Waals surface area contributed by atoms with E-state index in [2.05, 4.69) is 91.8 Å². The maximum Gasteiger partial charge on any atom is 0.223 e. The van der Waals surface area contributed by atoms with Crippen molar-refractivity contribution in [3.05, 3.63) is 119 Å². The number of fused-ring (bicyclic) bond motifs is 3. The summed E-state index contributed by atoms with van der Waals surface area (Å²) in [6.45, 7) is 22.3. The molecule has 0 heterocycles. The van der Waals surface area contributed by atoms with E-state index >= 15 is 0 Å². The van der Waals surface area contributed by atoms with Crippen LogP contribution in [0.15, 0.2) is 97.1 Å². The van der Waals surface area contributed by atoms with E-state index in [1.807, 2.05) is 70.5 Å². The van der Waals surface area contributed by atoms with Gasteiger partial charge in [0.05, 0.1) is 32.5 Å². The molecule has 4 aromatic rings. The Balaban J connectivity index is 1.04. The van der Waals surface area contributed by atoms with Crippen molar-refractivity contribution in [3.8, 4) is 22.6 Å². The molecule has 0 radical (unpaired) electrons. The average molecular weight is 848 g/mol. The second-order valence-corrected chi connectivity index (χ2v) is 19.6. The molecule has 0 aliphatic heterocycles. The van der Waals surface area contributed by atoms with Crippen molar-refractivity contribution in [1.82, 2.24) is 9.80 Å². The van der Waals surface area contributed by atoms with Crippen LogP contribution in [-0.2, 0) is 32.2 Å². The number of nitrogens with two attached hydrogens (primary N) is 1. The Kier molecular flexibility index (Phi) is 18.0. The minimum Gasteiger partial charge on any atom is -0.491 e. The number of hydrogen-bond donors (Lipinski definition) is 1. The van der Waals surface area contributed by atoms with Gasteiger partial charge in [0.2, 0.25) is 11.8 Å². The first kappa shape index (κ1) is 48.3. The van der Waals surface area contributed by atoms with Crippen LogP contribution in [0.4, 0.5) is 0 Å². The van der Waals surface area contributed by atoms with Gasteiger partial charge in [0.15, 0.2) is 0 Å². The van der Waals surface area contributed by atoms with Crippen LogP contribution in [0.5, 0.6) is 11.5 Å². The first-order chi connectivity index (χ1) is 29.5. The summed E-state index contributed by atoms with van der Waals surface area (Å²) >= 11 is 0. The first-order valence-electron chi connectivity index (χ1n) is 22.6. The predicted molar refractivity (Wildman–Crippen MR) is 250 cm³/mol. The van der Waals surface area contributed by atoms with Crippen LogP contribution in [0.1, 0.15) is 109 Å². The summed E-state index contributed by atoms with van der Waals surface area (Å²) in [5.41, 5.74) is 13.6. The number of nitrogens with zero attached hydrogens (tertiary/aromatic N) is 2. The molecule has 336 valence electrons. The molecule has 2 atom stereocenters. The third-order valence-electron chi connectivity index (χ3n) is 11.1. The van der Waals surface area contributed by atoms with Crippen molar-refractivity contribution in [1.29, 1.82) is 0 Å². The predicted octanol–water partition coefficient (Wildman–Crippen LogP) is 10.5. The van der Waals surface area contributed by atoms with E-state index in [1.165, 1.54) is 0 Å². The zero-order valence-electron chi connectivity index (χ0n) is 38.8. The maximum atomic E-state index is 13.4. The van der Waals surface area contributed by atoms with Crippen LogP contribution < -0.4 is 15.2 Å². The molecule has 0 spiro atoms. The number of amides is 2. The highest BCUT2D eigenvalue weighted by Gasteiger charge is 2.27. The monoisotopic (exact) mass is 848 g/mol. The largest absolute Gasteiger partial charge is 0.491 e. The lowest BCUT2D eigenvalue weighted by Gasteiger charge is -2.27. The van der Waals surface area contributed by atoms with Crippen molar-refractivity contribution in [3.63, 3.8) is 0 Å². The Bertz CT molecular complexity index is 1850. The number of rotatable bonds is 24. The van der Waals surface area contributed by atoms with Gasteiger partial charge in [-0.25, -0.2) is 0 Å². The molecule has 2 N–H and O–H groups in total. The van der Waals surface area contributed by atoms with Gasteiger partial charge in [0, 0.05) is 39.0 Å². The Morgan fingerprint density at radius 1 is 0.565 bits per heavy atom. The number of carbonyl (C=O) groups excluding carboxylic acids is 2. The molecule has 9 heteroatoms. The first-order valence-corrected chi connectivity index (χ1v) is 22.6. The van der Waals surface area contributed by atoms with Crippen LogP contribution in [0.3, 0.4) is 0 Å². The van der Waals surface area contributed by atoms with Gasteiger partial charge in [-0.15, -0.1) is 0 Å². The molecule has 1 aliphatic rings. The Hall–Kier alpha value is -4.70. The molecule has 0 saturated carbocycles. The quantitative estimate of drug-likeness (QED) is 0.0701. The summed E-state index contributed by atoms with van der Waals surface area (Å²) < 4.78 is 24.2. The van der Waals surface area contributed by atoms with Crippen LogP contribution in [0.2, 0.25) is 0 Å². The van der Waals surface area contributed by atoms with Crippen molar-refractivity contribution >= 4 is 11.8 Å². The third-order valence-corrected chi connectivity index (χ3v) is 11.1. The fourth-order valence-corrected chi connectivity index (χ4v) is 8.71. The van der Waals surface area contributed by atoms with Gasteiger partial charge in [-0.05, 0) is 93.2 Å². The van der Waals surface area contributed by atoms with E-state index in [4.69, 9.17) is 24.7 Å². The molecule has 5 rings (SSSR count). The van der Waals surface area contributed by atoms with E-state index in [-0.39, 0.29) is 28.7 Å². The molecule has 62 heavy (non-hydrogen) atoms. The zero-order chi connectivity index (χ0) is 44.7. The number of ether oxygens (including phenoxy) is 4. The number of carbonyl (C=O) groups is 2. The van der Waals surface area contributed by atoms with Crippen molar-refractivity contribution in [2.75, 3.05) is 52.7 Å². The van der Waals surface area contributed by atoms with Gasteiger partial charge in [0.1, 0.15) is 24.7 Å². The molecular formula is C53H73N3O6. The van der Waals surface area contributed by atoms with E-state index in [0.29, 0.717) is 90.5 Å². The fraction of sp³-hybridized carbons (Fsp3) is 0.509. The highest BCUT2D eigenvalue weighted by molar-refractivity contribution is 5.80. The molecule has 0 bridgehead atoms. The minimum atomic E-state index is -0.307. The van der Waals surface area contributed by atoms with E-state index < -0.39 is 0 Å². The second kappa shape index (κ2) is 23.1. The Labute approximate surface area is 372 Å². The number of benzene rings is 4. The van der Waals surface area contributed by atoms with Gasteiger partial charge in [0.25, 0.3) is 0 Å². The van der Waals surface area contributed by atoms with Crippen molar-refractivity contribution in [2.24, 2.45) is 28.4 Å². The Morgan fingerprint density at radius 3 is 1.32 bits per heavy atom. The minimum absolute atomic E-state index is 0.160. The molecule has 1 aliphatic carbocycles. The molecule has 4 aromatic carbocycles. The summed E-state index contributed by atoms with van der Waals surface area (Å²) in [4.78, 5) is 30.6. The van der Waals surface area contributed by atoms with E-state index in [0.717, 1.165) is 57.7 Å². The Morgan fingerprint density at radius 2 is 0.952 bits per heavy atom. The topological polar surface area (TPSA) is 104 Å². The van der Waals surface area contributed by atoms with Crippen LogP contribution in [0.25, 0.3) is 11.1 Å². The maximum absolute atomic E-state index is 13.4. The van der Waals surface area contributed by atoms with Gasteiger partial charge in [-0.3, -0.25) is 9.59 Å². The zero-order valence-corrected chi connectivity index (χ0v) is 38.8. The van der Waals surface area contributed by atoms with Gasteiger partial charge >= 0.3 is 0 Å². The smallest absolute Gasteiger partial charge is 0.223 e. The molecule has 2 amide bonds. The number of hydrogen-bond acceptors (Lipinski definition) is 7. The van der Waals surface area contributed by atoms with Crippen molar-refractivity contribution < 1.29 is 28.5 Å². The standard InChI is InChI=1S/C53H73N3O6/c1-39(35-52(3,4)5)31-49(57)55(37-41-15-11-9-12-16-41)23-25-59-27-29-61-43-19-21-45-46-22-20-44(34-48(46)51(54)47(45)33-43)62-30-28-60-26-24-56(38-42-17-13-10-14-18-42)50(58)32-40(2)36-53(6,7)8/h9-22,33-34,39-40,51H,23-32,35-38,54H2,1-8H3. The van der Waals surface area contributed by atoms with Crippen LogP contribution in [0, 0.1) is 22.7 Å². The normalized spacial score (nSPS) is 14.4. The van der Waals surface area contributed by atoms with E-state index in [1.54, 1.807) is 0 Å². The lowest BCUT2D eigenvalue weighted by atomic mass is 9.84. The lowest BCUT2D eigenvalue weighted by Crippen LogP contribution is -2.35. The van der Waals surface area contributed by atoms with Crippen LogP contribution >= 0.6 is 0 Å². The van der Waals surface area contributed by atoms with Crippen molar-refractivity contribution in [2.45, 2.75) is 100 Å². The summed E-state index contributed by atoms with van der Waals surface area (Å²) in [6.07, 6.45) is 3.05. The molecule has 2 unspecified atom stereocenters. The van der Waals surface area contributed by atoms with Gasteiger partial charge in [-0.2, -0.15) is 0 Å². The SMILES string of the molecule is CC(CC(=O)N(CCOCCOc1ccc2c(c1)C(N)c1cc(OCCOCCN(Cc3ccccc3)C(=O)CC(C)CC(C)(C)C)ccc1-2)Cc1ccccc1)CC(C)(C)C. The van der Waals surface area contributed by atoms with Gasteiger partial charge in [-0.1, -0.05) is 128 Å². The highest BCUT2D eigenvalue weighted by Crippen LogP contribution is 2.45. The summed E-state index contributed by atoms with van der Waals surface area (Å²) in [5.74, 6) is 2.41. The lowest BCUT2D eigenvalue weighted by molar-refractivity contribution is -0.134. The highest BCUT2D eigenvalue weighted by atomic mass is 16.5. The van der Waals surface area contributed by atoms with Gasteiger partial charge < -0.3 is 34.5 Å². The molecule has 0 saturated heterocycles.